The molecule has 0 aromatic carbocycles. The van der Waals surface area contributed by atoms with E-state index in [0.29, 0.717) is 0 Å². The first-order chi connectivity index (χ1) is 7.31. The van der Waals surface area contributed by atoms with Crippen molar-refractivity contribution in [1.29, 1.82) is 0 Å². The van der Waals surface area contributed by atoms with Crippen LogP contribution in [0.2, 0.25) is 0 Å². The average molecular weight is 254 g/mol. The van der Waals surface area contributed by atoms with Crippen molar-refractivity contribution in [3.05, 3.63) is 0 Å². The van der Waals surface area contributed by atoms with Crippen LogP contribution in [-0.2, 0) is 24.3 Å². The molecule has 0 atom stereocenters. The molecule has 9 heteroatoms. The van der Waals surface area contributed by atoms with Crippen LogP contribution in [-0.4, -0.2) is 58.0 Å². The molecule has 16 heavy (non-hydrogen) atoms. The summed E-state index contributed by atoms with van der Waals surface area (Å²) in [6.45, 7) is -0.730. The molecule has 8 nitrogen and oxygen atoms in total. The minimum absolute atomic E-state index is 0.0729. The van der Waals surface area contributed by atoms with E-state index in [9.17, 15) is 18.0 Å². The van der Waals surface area contributed by atoms with Gasteiger partial charge in [0.05, 0.1) is 6.26 Å². The Morgan fingerprint density at radius 1 is 1.25 bits per heavy atom. The number of carbonyl (C=O) groups is 2. The Bertz CT molecular complexity index is 339. The SMILES string of the molecule is CS(=O)(=O)NCCNC(=O)COCC(=O)O. The highest BCUT2D eigenvalue weighted by molar-refractivity contribution is 7.88. The Balaban J connectivity index is 3.48. The van der Waals surface area contributed by atoms with Crippen molar-refractivity contribution in [1.82, 2.24) is 10.0 Å². The summed E-state index contributed by atoms with van der Waals surface area (Å²) in [6.07, 6.45) is 1.00. The first kappa shape index (κ1) is 14.8. The van der Waals surface area contributed by atoms with Gasteiger partial charge in [-0.2, -0.15) is 0 Å². The van der Waals surface area contributed by atoms with Gasteiger partial charge in [0.1, 0.15) is 13.2 Å². The number of carboxylic acids is 1. The van der Waals surface area contributed by atoms with Gasteiger partial charge in [0.15, 0.2) is 0 Å². The fraction of sp³-hybridized carbons (Fsp3) is 0.714. The molecule has 0 aromatic heterocycles. The monoisotopic (exact) mass is 254 g/mol. The number of carbonyl (C=O) groups excluding carboxylic acids is 1. The van der Waals surface area contributed by atoms with Gasteiger partial charge in [-0.1, -0.05) is 0 Å². The van der Waals surface area contributed by atoms with Crippen molar-refractivity contribution >= 4 is 21.9 Å². The van der Waals surface area contributed by atoms with Crippen LogP contribution in [0.25, 0.3) is 0 Å². The van der Waals surface area contributed by atoms with E-state index in [1.54, 1.807) is 0 Å². The number of ether oxygens (including phenoxy) is 1. The van der Waals surface area contributed by atoms with Crippen molar-refractivity contribution < 1.29 is 27.9 Å². The molecule has 0 unspecified atom stereocenters. The zero-order valence-corrected chi connectivity index (χ0v) is 9.54. The summed E-state index contributed by atoms with van der Waals surface area (Å²) in [4.78, 5) is 21.0. The van der Waals surface area contributed by atoms with Crippen LogP contribution in [0.4, 0.5) is 0 Å². The molecule has 0 radical (unpaired) electrons. The van der Waals surface area contributed by atoms with Gasteiger partial charge in [-0.05, 0) is 0 Å². The van der Waals surface area contributed by atoms with E-state index in [4.69, 9.17) is 5.11 Å². The predicted molar refractivity (Wildman–Crippen MR) is 54.3 cm³/mol. The highest BCUT2D eigenvalue weighted by atomic mass is 32.2. The molecule has 0 spiro atoms. The van der Waals surface area contributed by atoms with Crippen LogP contribution >= 0.6 is 0 Å². The Kier molecular flexibility index (Phi) is 6.61. The van der Waals surface area contributed by atoms with Crippen LogP contribution in [0.1, 0.15) is 0 Å². The lowest BCUT2D eigenvalue weighted by atomic mass is 10.5. The summed E-state index contributed by atoms with van der Waals surface area (Å²) in [7, 11) is -3.26. The molecule has 0 saturated carbocycles. The van der Waals surface area contributed by atoms with Gasteiger partial charge in [0.2, 0.25) is 15.9 Å². The third-order valence-corrected chi connectivity index (χ3v) is 2.00. The first-order valence-electron chi connectivity index (χ1n) is 4.32. The second kappa shape index (κ2) is 7.14. The third kappa shape index (κ3) is 10.9. The van der Waals surface area contributed by atoms with Crippen LogP contribution in [0.3, 0.4) is 0 Å². The minimum atomic E-state index is -3.26. The zero-order valence-electron chi connectivity index (χ0n) is 8.73. The van der Waals surface area contributed by atoms with Gasteiger partial charge < -0.3 is 15.2 Å². The zero-order chi connectivity index (χ0) is 12.6. The molecule has 0 rings (SSSR count). The molecule has 0 saturated heterocycles. The van der Waals surface area contributed by atoms with Gasteiger partial charge in [-0.15, -0.1) is 0 Å². The summed E-state index contributed by atoms with van der Waals surface area (Å²) in [5.74, 6) is -1.66. The number of rotatable bonds is 8. The van der Waals surface area contributed by atoms with E-state index in [1.807, 2.05) is 0 Å². The Labute approximate surface area is 93.0 Å². The van der Waals surface area contributed by atoms with Crippen molar-refractivity contribution in [2.45, 2.75) is 0 Å². The van der Waals surface area contributed by atoms with Crippen molar-refractivity contribution in [2.75, 3.05) is 32.6 Å². The van der Waals surface area contributed by atoms with Gasteiger partial charge >= 0.3 is 5.97 Å². The summed E-state index contributed by atoms with van der Waals surface area (Å²) >= 11 is 0. The standard InChI is InChI=1S/C7H14N2O6S/c1-16(13,14)9-3-2-8-6(10)4-15-5-7(11)12/h9H,2-5H2,1H3,(H,8,10)(H,11,12). The van der Waals surface area contributed by atoms with E-state index in [1.165, 1.54) is 0 Å². The summed E-state index contributed by atoms with van der Waals surface area (Å²) in [5.41, 5.74) is 0. The maximum atomic E-state index is 10.9. The summed E-state index contributed by atoms with van der Waals surface area (Å²) < 4.78 is 27.9. The summed E-state index contributed by atoms with van der Waals surface area (Å²) in [5, 5.41) is 10.5. The highest BCUT2D eigenvalue weighted by Crippen LogP contribution is 1.76. The molecule has 0 aromatic rings. The molecule has 0 bridgehead atoms. The van der Waals surface area contributed by atoms with Crippen LogP contribution in [0.5, 0.6) is 0 Å². The number of sulfonamides is 1. The predicted octanol–water partition coefficient (Wildman–Crippen LogP) is -2.25. The van der Waals surface area contributed by atoms with Crippen molar-refractivity contribution in [3.8, 4) is 0 Å². The fourth-order valence-electron chi connectivity index (χ4n) is 0.720. The number of aliphatic carboxylic acids is 1. The molecule has 0 heterocycles. The number of carboxylic acid groups (broad SMARTS) is 1. The minimum Gasteiger partial charge on any atom is -0.480 e. The Hall–Kier alpha value is -1.19. The highest BCUT2D eigenvalue weighted by Gasteiger charge is 2.04. The lowest BCUT2D eigenvalue weighted by Gasteiger charge is -2.05. The Morgan fingerprint density at radius 2 is 1.88 bits per heavy atom. The number of nitrogens with one attached hydrogen (secondary N) is 2. The van der Waals surface area contributed by atoms with Gasteiger partial charge in [0, 0.05) is 13.1 Å². The topological polar surface area (TPSA) is 122 Å². The number of amides is 1. The van der Waals surface area contributed by atoms with Crippen LogP contribution < -0.4 is 10.0 Å². The number of hydrogen-bond donors (Lipinski definition) is 3. The van der Waals surface area contributed by atoms with Gasteiger partial charge in [-0.25, -0.2) is 17.9 Å². The van der Waals surface area contributed by atoms with Crippen molar-refractivity contribution in [2.24, 2.45) is 0 Å². The molecule has 0 aliphatic rings. The average Bonchev–Trinajstić information content (AvgIpc) is 2.10. The van der Waals surface area contributed by atoms with Gasteiger partial charge in [-0.3, -0.25) is 4.79 Å². The molecule has 1 amide bonds. The maximum Gasteiger partial charge on any atom is 0.329 e. The van der Waals surface area contributed by atoms with Crippen LogP contribution in [0, 0.1) is 0 Å². The molecule has 94 valence electrons. The lowest BCUT2D eigenvalue weighted by molar-refractivity contribution is -0.143. The van der Waals surface area contributed by atoms with Crippen LogP contribution in [0.15, 0.2) is 0 Å². The molecule has 0 fully saturated rings. The molecule has 3 N–H and O–H groups in total. The molecular formula is C7H14N2O6S. The summed E-state index contributed by atoms with van der Waals surface area (Å²) in [6, 6.07) is 0. The quantitative estimate of drug-likeness (QED) is 0.421. The number of hydrogen-bond acceptors (Lipinski definition) is 5. The second-order valence-corrected chi connectivity index (χ2v) is 4.74. The molecule has 0 aliphatic carbocycles. The normalized spacial score (nSPS) is 11.1. The lowest BCUT2D eigenvalue weighted by Crippen LogP contribution is -2.36. The van der Waals surface area contributed by atoms with E-state index in [-0.39, 0.29) is 19.7 Å². The van der Waals surface area contributed by atoms with E-state index in [2.05, 4.69) is 14.8 Å². The maximum absolute atomic E-state index is 10.9. The molecular weight excluding hydrogens is 240 g/mol. The Morgan fingerprint density at radius 3 is 2.38 bits per heavy atom. The molecule has 0 aliphatic heterocycles. The second-order valence-electron chi connectivity index (χ2n) is 2.90. The third-order valence-electron chi connectivity index (χ3n) is 1.27. The van der Waals surface area contributed by atoms with Gasteiger partial charge in [0.25, 0.3) is 0 Å². The fourth-order valence-corrected chi connectivity index (χ4v) is 1.19. The van der Waals surface area contributed by atoms with Crippen molar-refractivity contribution in [3.63, 3.8) is 0 Å². The van der Waals surface area contributed by atoms with E-state index < -0.39 is 28.5 Å². The smallest absolute Gasteiger partial charge is 0.329 e. The largest absolute Gasteiger partial charge is 0.480 e. The van der Waals surface area contributed by atoms with E-state index in [0.717, 1.165) is 6.26 Å². The first-order valence-corrected chi connectivity index (χ1v) is 6.21. The van der Waals surface area contributed by atoms with E-state index >= 15 is 0 Å².